The Balaban J connectivity index is 2.67. The molecule has 26 heavy (non-hydrogen) atoms. The Morgan fingerprint density at radius 3 is 2.50 bits per heavy atom. The van der Waals surface area contributed by atoms with Crippen molar-refractivity contribution in [3.63, 3.8) is 0 Å². The summed E-state index contributed by atoms with van der Waals surface area (Å²) >= 11 is 0. The number of carbonyl (C=O) groups is 2. The minimum Gasteiger partial charge on any atom is -0.360 e. The van der Waals surface area contributed by atoms with E-state index in [-0.39, 0.29) is 29.7 Å². The average Bonchev–Trinajstić information content (AvgIpc) is 2.85. The molecule has 0 fully saturated rings. The minimum absolute atomic E-state index is 0.0227. The van der Waals surface area contributed by atoms with Crippen LogP contribution in [0.1, 0.15) is 46.3 Å². The number of aromatic nitrogens is 1. The van der Waals surface area contributed by atoms with Gasteiger partial charge in [0.1, 0.15) is 12.3 Å². The van der Waals surface area contributed by atoms with Crippen LogP contribution in [-0.2, 0) is 9.59 Å². The van der Waals surface area contributed by atoms with Crippen molar-refractivity contribution in [2.75, 3.05) is 39.0 Å². The smallest absolute Gasteiger partial charge is 0.245 e. The molecule has 0 aliphatic carbocycles. The van der Waals surface area contributed by atoms with E-state index in [2.05, 4.69) is 38.2 Å². The van der Waals surface area contributed by atoms with Crippen molar-refractivity contribution in [2.45, 2.75) is 47.5 Å². The molecule has 0 unspecified atom stereocenters. The third kappa shape index (κ3) is 8.99. The van der Waals surface area contributed by atoms with Gasteiger partial charge >= 0.3 is 0 Å². The van der Waals surface area contributed by atoms with Gasteiger partial charge in [-0.15, -0.1) is 0 Å². The Bertz CT molecular complexity index is 590. The summed E-state index contributed by atoms with van der Waals surface area (Å²) in [5, 5.41) is 6.44. The fourth-order valence-electron chi connectivity index (χ4n) is 2.98. The molecule has 0 aliphatic rings. The standard InChI is InChI=1S/C19H34N4O3/c1-14(12-19(3,4)5)10-18(25)23(9-8-22(6)7)13-17(24)20-16-11-15(2)26-21-16/h11,14H,8-10,12-13H2,1-7H3,(H,20,21,24)/p+1/t14-/m0/s1. The summed E-state index contributed by atoms with van der Waals surface area (Å²) in [5.74, 6) is 1.04. The number of nitrogens with one attached hydrogen (secondary N) is 2. The summed E-state index contributed by atoms with van der Waals surface area (Å²) in [4.78, 5) is 27.9. The second kappa shape index (κ2) is 9.71. The number of likely N-dealkylation sites (N-methyl/N-ethyl adjacent to an activating group) is 1. The van der Waals surface area contributed by atoms with Crippen LogP contribution in [-0.4, -0.2) is 55.6 Å². The lowest BCUT2D eigenvalue weighted by molar-refractivity contribution is -0.857. The Morgan fingerprint density at radius 2 is 2.00 bits per heavy atom. The molecule has 7 heteroatoms. The normalized spacial score (nSPS) is 12.9. The van der Waals surface area contributed by atoms with Crippen LogP contribution in [0.4, 0.5) is 5.82 Å². The first-order valence-corrected chi connectivity index (χ1v) is 9.26. The van der Waals surface area contributed by atoms with Gasteiger partial charge in [0.15, 0.2) is 5.82 Å². The van der Waals surface area contributed by atoms with Gasteiger partial charge in [-0.25, -0.2) is 0 Å². The lowest BCUT2D eigenvalue weighted by atomic mass is 9.84. The van der Waals surface area contributed by atoms with E-state index in [4.69, 9.17) is 4.52 Å². The number of anilines is 1. The number of hydrogen-bond donors (Lipinski definition) is 2. The van der Waals surface area contributed by atoms with Crippen LogP contribution in [0.3, 0.4) is 0 Å². The van der Waals surface area contributed by atoms with E-state index in [0.29, 0.717) is 24.5 Å². The average molecular weight is 368 g/mol. The van der Waals surface area contributed by atoms with Gasteiger partial charge in [-0.2, -0.15) is 0 Å². The molecule has 1 heterocycles. The zero-order valence-corrected chi connectivity index (χ0v) is 17.3. The number of carbonyl (C=O) groups excluding carboxylic acids is 2. The number of quaternary nitrogens is 1. The summed E-state index contributed by atoms with van der Waals surface area (Å²) in [6.45, 7) is 11.7. The molecule has 1 atom stereocenters. The lowest BCUT2D eigenvalue weighted by Gasteiger charge is -2.27. The van der Waals surface area contributed by atoms with Crippen molar-refractivity contribution < 1.29 is 19.0 Å². The molecule has 0 radical (unpaired) electrons. The molecule has 7 nitrogen and oxygen atoms in total. The summed E-state index contributed by atoms with van der Waals surface area (Å²) in [6, 6.07) is 1.65. The van der Waals surface area contributed by atoms with Gasteiger partial charge in [0.05, 0.1) is 27.2 Å². The van der Waals surface area contributed by atoms with Crippen molar-refractivity contribution in [3.8, 4) is 0 Å². The number of amides is 2. The minimum atomic E-state index is -0.260. The molecule has 0 aromatic carbocycles. The molecular weight excluding hydrogens is 332 g/mol. The van der Waals surface area contributed by atoms with Crippen molar-refractivity contribution >= 4 is 17.6 Å². The van der Waals surface area contributed by atoms with Crippen LogP contribution >= 0.6 is 0 Å². The summed E-state index contributed by atoms with van der Waals surface area (Å²) in [6.07, 6.45) is 1.42. The van der Waals surface area contributed by atoms with Crippen molar-refractivity contribution in [1.82, 2.24) is 10.1 Å². The predicted molar refractivity (Wildman–Crippen MR) is 102 cm³/mol. The van der Waals surface area contributed by atoms with Gasteiger partial charge in [0.2, 0.25) is 11.8 Å². The predicted octanol–water partition coefficient (Wildman–Crippen LogP) is 1.36. The highest BCUT2D eigenvalue weighted by Gasteiger charge is 2.23. The second-order valence-corrected chi connectivity index (χ2v) is 8.72. The maximum atomic E-state index is 12.7. The number of hydrogen-bond acceptors (Lipinski definition) is 4. The van der Waals surface area contributed by atoms with Gasteiger partial charge < -0.3 is 19.6 Å². The molecule has 1 aromatic rings. The summed E-state index contributed by atoms with van der Waals surface area (Å²) in [5.41, 5.74) is 0.181. The molecular formula is C19H35N4O3+. The van der Waals surface area contributed by atoms with Crippen molar-refractivity contribution in [3.05, 3.63) is 11.8 Å². The summed E-state index contributed by atoms with van der Waals surface area (Å²) in [7, 11) is 4.06. The first-order chi connectivity index (χ1) is 12.0. The van der Waals surface area contributed by atoms with E-state index < -0.39 is 0 Å². The van der Waals surface area contributed by atoms with Gasteiger partial charge in [0, 0.05) is 12.5 Å². The van der Waals surface area contributed by atoms with Crippen LogP contribution in [0.25, 0.3) is 0 Å². The topological polar surface area (TPSA) is 79.9 Å². The largest absolute Gasteiger partial charge is 0.360 e. The number of nitrogens with zero attached hydrogens (tertiary/aromatic N) is 2. The van der Waals surface area contributed by atoms with Crippen LogP contribution in [0.15, 0.2) is 10.6 Å². The summed E-state index contributed by atoms with van der Waals surface area (Å²) < 4.78 is 4.95. The molecule has 0 aliphatic heterocycles. The fourth-order valence-corrected chi connectivity index (χ4v) is 2.98. The van der Waals surface area contributed by atoms with Gasteiger partial charge in [-0.05, 0) is 24.7 Å². The second-order valence-electron chi connectivity index (χ2n) is 8.72. The highest BCUT2D eigenvalue weighted by Crippen LogP contribution is 2.26. The molecule has 0 saturated carbocycles. The Labute approximate surface area is 157 Å². The third-order valence-corrected chi connectivity index (χ3v) is 3.95. The highest BCUT2D eigenvalue weighted by molar-refractivity contribution is 5.93. The lowest BCUT2D eigenvalue weighted by Crippen LogP contribution is -3.06. The van der Waals surface area contributed by atoms with Crippen molar-refractivity contribution in [1.29, 1.82) is 0 Å². The van der Waals surface area contributed by atoms with E-state index in [0.717, 1.165) is 13.0 Å². The molecule has 0 bridgehead atoms. The maximum absolute atomic E-state index is 12.7. The molecule has 148 valence electrons. The van der Waals surface area contributed by atoms with Crippen LogP contribution in [0.2, 0.25) is 0 Å². The van der Waals surface area contributed by atoms with E-state index in [1.165, 1.54) is 4.90 Å². The fraction of sp³-hybridized carbons (Fsp3) is 0.737. The van der Waals surface area contributed by atoms with E-state index in [1.54, 1.807) is 17.9 Å². The zero-order valence-electron chi connectivity index (χ0n) is 17.3. The van der Waals surface area contributed by atoms with E-state index in [9.17, 15) is 9.59 Å². The van der Waals surface area contributed by atoms with Gasteiger partial charge in [0.25, 0.3) is 0 Å². The molecule has 0 spiro atoms. The number of rotatable bonds is 9. The first-order valence-electron chi connectivity index (χ1n) is 9.26. The number of aryl methyl sites for hydroxylation is 1. The van der Waals surface area contributed by atoms with E-state index in [1.807, 2.05) is 14.1 Å². The molecule has 0 saturated heterocycles. The molecule has 2 amide bonds. The Morgan fingerprint density at radius 1 is 1.35 bits per heavy atom. The first kappa shape index (κ1) is 22.2. The third-order valence-electron chi connectivity index (χ3n) is 3.95. The van der Waals surface area contributed by atoms with Gasteiger partial charge in [-0.3, -0.25) is 9.59 Å². The Hall–Kier alpha value is -1.89. The highest BCUT2D eigenvalue weighted by atomic mass is 16.5. The van der Waals surface area contributed by atoms with E-state index >= 15 is 0 Å². The monoisotopic (exact) mass is 367 g/mol. The van der Waals surface area contributed by atoms with Crippen LogP contribution in [0, 0.1) is 18.3 Å². The Kier molecular flexibility index (Phi) is 8.27. The molecule has 1 aromatic heterocycles. The quantitative estimate of drug-likeness (QED) is 0.691. The van der Waals surface area contributed by atoms with Crippen LogP contribution in [0.5, 0.6) is 0 Å². The maximum Gasteiger partial charge on any atom is 0.245 e. The van der Waals surface area contributed by atoms with Crippen LogP contribution < -0.4 is 10.2 Å². The molecule has 2 N–H and O–H groups in total. The zero-order chi connectivity index (χ0) is 19.9. The molecule has 1 rings (SSSR count). The SMILES string of the molecule is Cc1cc(NC(=O)CN(CC[NH+](C)C)C(=O)C[C@H](C)CC(C)(C)C)no1. The van der Waals surface area contributed by atoms with Crippen molar-refractivity contribution in [2.24, 2.45) is 11.3 Å². The van der Waals surface area contributed by atoms with Gasteiger partial charge in [-0.1, -0.05) is 32.9 Å².